The first-order valence-corrected chi connectivity index (χ1v) is 7.66. The summed E-state index contributed by atoms with van der Waals surface area (Å²) in [5.41, 5.74) is 6.07. The molecule has 0 radical (unpaired) electrons. The van der Waals surface area contributed by atoms with Crippen molar-refractivity contribution in [3.63, 3.8) is 0 Å². The zero-order valence-corrected chi connectivity index (χ0v) is 13.5. The molecular formula is C16H32N2O. The molecule has 19 heavy (non-hydrogen) atoms. The van der Waals surface area contributed by atoms with E-state index in [0.29, 0.717) is 11.8 Å². The van der Waals surface area contributed by atoms with E-state index in [0.717, 1.165) is 38.3 Å². The molecule has 0 aromatic carbocycles. The highest BCUT2D eigenvalue weighted by Gasteiger charge is 2.28. The zero-order valence-electron chi connectivity index (χ0n) is 13.5. The fraction of sp³-hybridized carbons (Fsp3) is 0.938. The summed E-state index contributed by atoms with van der Waals surface area (Å²) in [5, 5.41) is 0. The average Bonchev–Trinajstić information content (AvgIpc) is 2.49. The Morgan fingerprint density at radius 2 is 1.79 bits per heavy atom. The Bertz CT molecular complexity index is 299. The Balaban J connectivity index is 2.46. The van der Waals surface area contributed by atoms with Crippen molar-refractivity contribution in [1.29, 1.82) is 0 Å². The number of rotatable bonds is 3. The molecule has 1 aliphatic rings. The van der Waals surface area contributed by atoms with E-state index < -0.39 is 0 Å². The standard InChI is InChI=1S/C16H32N2O/c1-15(2,3)13-7-6-11-18(12-9-13)14(19)8-10-16(4,5)17/h13H,6-12,17H2,1-5H3. The van der Waals surface area contributed by atoms with Crippen molar-refractivity contribution < 1.29 is 4.79 Å². The number of amides is 1. The van der Waals surface area contributed by atoms with Gasteiger partial charge in [0.1, 0.15) is 0 Å². The highest BCUT2D eigenvalue weighted by atomic mass is 16.2. The molecule has 2 N–H and O–H groups in total. The van der Waals surface area contributed by atoms with Gasteiger partial charge in [-0.2, -0.15) is 0 Å². The summed E-state index contributed by atoms with van der Waals surface area (Å²) in [5.74, 6) is 1.02. The Hall–Kier alpha value is -0.570. The van der Waals surface area contributed by atoms with Gasteiger partial charge in [-0.05, 0) is 50.9 Å². The van der Waals surface area contributed by atoms with Crippen LogP contribution in [0.15, 0.2) is 0 Å². The first kappa shape index (κ1) is 16.5. The Morgan fingerprint density at radius 3 is 2.32 bits per heavy atom. The van der Waals surface area contributed by atoms with Crippen LogP contribution < -0.4 is 5.73 Å². The summed E-state index contributed by atoms with van der Waals surface area (Å²) < 4.78 is 0. The summed E-state index contributed by atoms with van der Waals surface area (Å²) in [6.45, 7) is 12.8. The number of hydrogen-bond donors (Lipinski definition) is 1. The van der Waals surface area contributed by atoms with E-state index in [-0.39, 0.29) is 11.4 Å². The van der Waals surface area contributed by atoms with E-state index in [2.05, 4.69) is 25.7 Å². The highest BCUT2D eigenvalue weighted by molar-refractivity contribution is 5.76. The average molecular weight is 268 g/mol. The van der Waals surface area contributed by atoms with Crippen molar-refractivity contribution in [3.8, 4) is 0 Å². The van der Waals surface area contributed by atoms with Crippen molar-refractivity contribution in [2.45, 2.75) is 72.3 Å². The quantitative estimate of drug-likeness (QED) is 0.854. The van der Waals surface area contributed by atoms with Crippen LogP contribution in [0, 0.1) is 11.3 Å². The smallest absolute Gasteiger partial charge is 0.222 e. The van der Waals surface area contributed by atoms with Gasteiger partial charge >= 0.3 is 0 Å². The monoisotopic (exact) mass is 268 g/mol. The molecule has 1 aliphatic heterocycles. The molecule has 1 heterocycles. The van der Waals surface area contributed by atoms with Gasteiger partial charge in [0.15, 0.2) is 0 Å². The first-order chi connectivity index (χ1) is 8.59. The maximum absolute atomic E-state index is 12.2. The maximum atomic E-state index is 12.2. The summed E-state index contributed by atoms with van der Waals surface area (Å²) in [4.78, 5) is 14.3. The predicted molar refractivity (Wildman–Crippen MR) is 80.9 cm³/mol. The summed E-state index contributed by atoms with van der Waals surface area (Å²) in [6.07, 6.45) is 4.88. The molecule has 0 aromatic heterocycles. The summed E-state index contributed by atoms with van der Waals surface area (Å²) in [6, 6.07) is 0. The van der Waals surface area contributed by atoms with Gasteiger partial charge in [0.2, 0.25) is 5.91 Å². The van der Waals surface area contributed by atoms with E-state index in [4.69, 9.17) is 5.73 Å². The summed E-state index contributed by atoms with van der Waals surface area (Å²) in [7, 11) is 0. The molecule has 1 rings (SSSR count). The summed E-state index contributed by atoms with van der Waals surface area (Å²) >= 11 is 0. The molecule has 0 spiro atoms. The molecule has 112 valence electrons. The third-order valence-electron chi connectivity index (χ3n) is 4.29. The normalized spacial score (nSPS) is 22.2. The zero-order chi connectivity index (χ0) is 14.7. The topological polar surface area (TPSA) is 46.3 Å². The minimum atomic E-state index is -0.241. The highest BCUT2D eigenvalue weighted by Crippen LogP contribution is 2.34. The van der Waals surface area contributed by atoms with Gasteiger partial charge in [0.05, 0.1) is 0 Å². The number of hydrogen-bond acceptors (Lipinski definition) is 2. The van der Waals surface area contributed by atoms with Gasteiger partial charge < -0.3 is 10.6 Å². The van der Waals surface area contributed by atoms with Crippen LogP contribution >= 0.6 is 0 Å². The lowest BCUT2D eigenvalue weighted by atomic mass is 9.77. The second-order valence-corrected chi connectivity index (χ2v) is 7.86. The van der Waals surface area contributed by atoms with Crippen LogP contribution in [0.2, 0.25) is 0 Å². The fourth-order valence-electron chi connectivity index (χ4n) is 2.80. The Kier molecular flexibility index (Phi) is 5.43. The van der Waals surface area contributed by atoms with Crippen molar-refractivity contribution >= 4 is 5.91 Å². The minimum Gasteiger partial charge on any atom is -0.343 e. The lowest BCUT2D eigenvalue weighted by Gasteiger charge is -2.30. The molecule has 1 amide bonds. The molecule has 1 unspecified atom stereocenters. The Morgan fingerprint density at radius 1 is 1.16 bits per heavy atom. The number of nitrogens with two attached hydrogens (primary N) is 1. The third kappa shape index (κ3) is 5.94. The predicted octanol–water partition coefficient (Wildman–Crippen LogP) is 3.18. The molecule has 0 aromatic rings. The molecule has 3 nitrogen and oxygen atoms in total. The van der Waals surface area contributed by atoms with Crippen molar-refractivity contribution in [3.05, 3.63) is 0 Å². The van der Waals surface area contributed by atoms with Crippen LogP contribution in [0.25, 0.3) is 0 Å². The van der Waals surface area contributed by atoms with Crippen molar-refractivity contribution in [2.24, 2.45) is 17.1 Å². The minimum absolute atomic E-state index is 0.241. The van der Waals surface area contributed by atoms with Crippen LogP contribution in [-0.2, 0) is 4.79 Å². The lowest BCUT2D eigenvalue weighted by molar-refractivity contribution is -0.131. The van der Waals surface area contributed by atoms with Gasteiger partial charge in [-0.3, -0.25) is 4.79 Å². The van der Waals surface area contributed by atoms with Crippen LogP contribution in [0.4, 0.5) is 0 Å². The third-order valence-corrected chi connectivity index (χ3v) is 4.29. The fourth-order valence-corrected chi connectivity index (χ4v) is 2.80. The van der Waals surface area contributed by atoms with Crippen molar-refractivity contribution in [1.82, 2.24) is 4.90 Å². The largest absolute Gasteiger partial charge is 0.343 e. The number of carbonyl (C=O) groups excluding carboxylic acids is 1. The molecular weight excluding hydrogens is 236 g/mol. The SMILES string of the molecule is CC(C)(N)CCC(=O)N1CCCC(C(C)(C)C)CC1. The van der Waals surface area contributed by atoms with Crippen LogP contribution in [0.1, 0.15) is 66.7 Å². The van der Waals surface area contributed by atoms with Gasteiger partial charge in [0.25, 0.3) is 0 Å². The van der Waals surface area contributed by atoms with Crippen molar-refractivity contribution in [2.75, 3.05) is 13.1 Å². The number of likely N-dealkylation sites (tertiary alicyclic amines) is 1. The first-order valence-electron chi connectivity index (χ1n) is 7.66. The van der Waals surface area contributed by atoms with Gasteiger partial charge in [-0.1, -0.05) is 20.8 Å². The van der Waals surface area contributed by atoms with Gasteiger partial charge in [-0.25, -0.2) is 0 Å². The maximum Gasteiger partial charge on any atom is 0.222 e. The van der Waals surface area contributed by atoms with E-state index >= 15 is 0 Å². The second-order valence-electron chi connectivity index (χ2n) is 7.86. The molecule has 3 heteroatoms. The molecule has 1 fully saturated rings. The van der Waals surface area contributed by atoms with E-state index in [1.807, 2.05) is 13.8 Å². The van der Waals surface area contributed by atoms with E-state index in [1.165, 1.54) is 6.42 Å². The Labute approximate surface area is 118 Å². The van der Waals surface area contributed by atoms with Gasteiger partial charge in [-0.15, -0.1) is 0 Å². The molecule has 0 saturated carbocycles. The molecule has 1 atom stereocenters. The van der Waals surface area contributed by atoms with Crippen LogP contribution in [0.3, 0.4) is 0 Å². The van der Waals surface area contributed by atoms with Crippen LogP contribution in [-0.4, -0.2) is 29.4 Å². The molecule has 0 bridgehead atoms. The molecule has 0 aliphatic carbocycles. The molecule has 1 saturated heterocycles. The number of carbonyl (C=O) groups is 1. The lowest BCUT2D eigenvalue weighted by Crippen LogP contribution is -2.37. The van der Waals surface area contributed by atoms with Gasteiger partial charge in [0, 0.05) is 25.0 Å². The van der Waals surface area contributed by atoms with Crippen LogP contribution in [0.5, 0.6) is 0 Å². The number of nitrogens with zero attached hydrogens (tertiary/aromatic N) is 1. The van der Waals surface area contributed by atoms with E-state index in [9.17, 15) is 4.79 Å². The van der Waals surface area contributed by atoms with E-state index in [1.54, 1.807) is 0 Å². The second kappa shape index (κ2) is 6.25.